The molecular formula is C10H15N3O2. The number of H-pyrrole nitrogens is 1. The number of rotatable bonds is 3. The summed E-state index contributed by atoms with van der Waals surface area (Å²) in [6.45, 7) is 2.31. The molecule has 0 aliphatic carbocycles. The van der Waals surface area contributed by atoms with Crippen LogP contribution < -0.4 is 11.3 Å². The lowest BCUT2D eigenvalue weighted by Gasteiger charge is -2.18. The van der Waals surface area contributed by atoms with Gasteiger partial charge < -0.3 is 15.6 Å². The van der Waals surface area contributed by atoms with Crippen molar-refractivity contribution in [3.8, 4) is 0 Å². The Morgan fingerprint density at radius 1 is 1.60 bits per heavy atom. The fourth-order valence-corrected chi connectivity index (χ4v) is 1.28. The molecule has 1 amide bonds. The van der Waals surface area contributed by atoms with Gasteiger partial charge in [-0.25, -0.2) is 0 Å². The molecule has 1 unspecified atom stereocenters. The minimum Gasteiger partial charge on any atom is -0.340 e. The van der Waals surface area contributed by atoms with Gasteiger partial charge in [-0.05, 0) is 13.0 Å². The van der Waals surface area contributed by atoms with Crippen LogP contribution in [-0.4, -0.2) is 35.4 Å². The fourth-order valence-electron chi connectivity index (χ4n) is 1.28. The van der Waals surface area contributed by atoms with Crippen LogP contribution in [0.4, 0.5) is 0 Å². The Kier molecular flexibility index (Phi) is 3.62. The summed E-state index contributed by atoms with van der Waals surface area (Å²) >= 11 is 0. The molecule has 1 aromatic heterocycles. The highest BCUT2D eigenvalue weighted by atomic mass is 16.2. The lowest BCUT2D eigenvalue weighted by molar-refractivity contribution is 0.0788. The zero-order valence-corrected chi connectivity index (χ0v) is 8.86. The number of nitrogens with two attached hydrogens (primary N) is 1. The summed E-state index contributed by atoms with van der Waals surface area (Å²) in [6.07, 6.45) is 1.41. The first-order chi connectivity index (χ1) is 7.00. The molecule has 0 saturated heterocycles. The number of aromatic amines is 1. The van der Waals surface area contributed by atoms with Crippen molar-refractivity contribution in [1.82, 2.24) is 9.88 Å². The molecule has 0 bridgehead atoms. The van der Waals surface area contributed by atoms with Crippen molar-refractivity contribution < 1.29 is 4.79 Å². The van der Waals surface area contributed by atoms with Gasteiger partial charge in [0.15, 0.2) is 0 Å². The van der Waals surface area contributed by atoms with Gasteiger partial charge in [-0.3, -0.25) is 9.59 Å². The average Bonchev–Trinajstić information content (AvgIpc) is 2.17. The lowest BCUT2D eigenvalue weighted by Crippen LogP contribution is -2.37. The van der Waals surface area contributed by atoms with Crippen molar-refractivity contribution in [2.24, 2.45) is 5.73 Å². The molecular weight excluding hydrogens is 194 g/mol. The fraction of sp³-hybridized carbons (Fsp3) is 0.400. The number of aromatic nitrogens is 1. The Morgan fingerprint density at radius 3 is 2.73 bits per heavy atom. The SMILES string of the molecule is CC(N)CN(C)C(=O)c1ccc(=O)[nH]c1. The molecule has 82 valence electrons. The number of carbonyl (C=O) groups excluding carboxylic acids is 1. The van der Waals surface area contributed by atoms with Crippen LogP contribution in [0.2, 0.25) is 0 Å². The first-order valence-electron chi connectivity index (χ1n) is 4.70. The summed E-state index contributed by atoms with van der Waals surface area (Å²) in [5, 5.41) is 0. The second-order valence-electron chi connectivity index (χ2n) is 3.60. The van der Waals surface area contributed by atoms with Gasteiger partial charge in [-0.15, -0.1) is 0 Å². The zero-order chi connectivity index (χ0) is 11.4. The molecule has 0 aromatic carbocycles. The van der Waals surface area contributed by atoms with E-state index in [0.717, 1.165) is 0 Å². The number of nitrogens with one attached hydrogen (secondary N) is 1. The van der Waals surface area contributed by atoms with E-state index >= 15 is 0 Å². The van der Waals surface area contributed by atoms with Gasteiger partial charge in [0.25, 0.3) is 5.91 Å². The smallest absolute Gasteiger partial charge is 0.255 e. The first kappa shape index (κ1) is 11.5. The van der Waals surface area contributed by atoms with Crippen LogP contribution >= 0.6 is 0 Å². The van der Waals surface area contributed by atoms with Gasteiger partial charge >= 0.3 is 0 Å². The average molecular weight is 209 g/mol. The highest BCUT2D eigenvalue weighted by Gasteiger charge is 2.12. The van der Waals surface area contributed by atoms with Crippen LogP contribution in [0.15, 0.2) is 23.1 Å². The van der Waals surface area contributed by atoms with E-state index in [1.54, 1.807) is 7.05 Å². The van der Waals surface area contributed by atoms with Crippen molar-refractivity contribution in [3.05, 3.63) is 34.2 Å². The highest BCUT2D eigenvalue weighted by Crippen LogP contribution is 1.99. The maximum atomic E-state index is 11.7. The molecule has 0 radical (unpaired) electrons. The molecule has 0 aliphatic rings. The monoisotopic (exact) mass is 209 g/mol. The number of hydrogen-bond donors (Lipinski definition) is 2. The van der Waals surface area contributed by atoms with Crippen molar-refractivity contribution in [3.63, 3.8) is 0 Å². The van der Waals surface area contributed by atoms with E-state index in [1.165, 1.54) is 23.2 Å². The molecule has 1 heterocycles. The lowest BCUT2D eigenvalue weighted by atomic mass is 10.2. The Labute approximate surface area is 87.9 Å². The highest BCUT2D eigenvalue weighted by molar-refractivity contribution is 5.93. The summed E-state index contributed by atoms with van der Waals surface area (Å²) in [7, 11) is 1.68. The van der Waals surface area contributed by atoms with Gasteiger partial charge in [-0.1, -0.05) is 0 Å². The van der Waals surface area contributed by atoms with Crippen LogP contribution in [0, 0.1) is 0 Å². The molecule has 1 atom stereocenters. The Bertz CT molecular complexity index is 377. The van der Waals surface area contributed by atoms with Gasteiger partial charge in [0.05, 0.1) is 5.56 Å². The minimum atomic E-state index is -0.221. The van der Waals surface area contributed by atoms with Crippen LogP contribution in [-0.2, 0) is 0 Å². The second kappa shape index (κ2) is 4.75. The summed E-state index contributed by atoms with van der Waals surface area (Å²) in [6, 6.07) is 2.76. The standard InChI is InChI=1S/C10H15N3O2/c1-7(11)6-13(2)10(15)8-3-4-9(14)12-5-8/h3-5,7H,6,11H2,1-2H3,(H,12,14). The first-order valence-corrected chi connectivity index (χ1v) is 4.70. The van der Waals surface area contributed by atoms with E-state index in [1.807, 2.05) is 6.92 Å². The van der Waals surface area contributed by atoms with Crippen LogP contribution in [0.1, 0.15) is 17.3 Å². The molecule has 15 heavy (non-hydrogen) atoms. The zero-order valence-electron chi connectivity index (χ0n) is 8.86. The van der Waals surface area contributed by atoms with Crippen LogP contribution in [0.5, 0.6) is 0 Å². The number of amides is 1. The number of hydrogen-bond acceptors (Lipinski definition) is 3. The molecule has 1 rings (SSSR count). The second-order valence-corrected chi connectivity index (χ2v) is 3.60. The largest absolute Gasteiger partial charge is 0.340 e. The molecule has 3 N–H and O–H groups in total. The number of carbonyl (C=O) groups is 1. The molecule has 5 heteroatoms. The summed E-state index contributed by atoms with van der Waals surface area (Å²) in [5.74, 6) is -0.149. The van der Waals surface area contributed by atoms with E-state index < -0.39 is 0 Å². The van der Waals surface area contributed by atoms with E-state index in [9.17, 15) is 9.59 Å². The molecule has 1 aromatic rings. The van der Waals surface area contributed by atoms with Gasteiger partial charge in [0.2, 0.25) is 5.56 Å². The maximum absolute atomic E-state index is 11.7. The van der Waals surface area contributed by atoms with Crippen LogP contribution in [0.3, 0.4) is 0 Å². The number of likely N-dealkylation sites (N-methyl/N-ethyl adjacent to an activating group) is 1. The van der Waals surface area contributed by atoms with Gasteiger partial charge in [-0.2, -0.15) is 0 Å². The minimum absolute atomic E-state index is 0.0679. The summed E-state index contributed by atoms with van der Waals surface area (Å²) in [4.78, 5) is 26.5. The normalized spacial score (nSPS) is 12.2. The van der Waals surface area contributed by atoms with Crippen molar-refractivity contribution in [2.45, 2.75) is 13.0 Å². The van der Waals surface area contributed by atoms with E-state index in [4.69, 9.17) is 5.73 Å². The quantitative estimate of drug-likeness (QED) is 0.723. The molecule has 0 spiro atoms. The Morgan fingerprint density at radius 2 is 2.27 bits per heavy atom. The van der Waals surface area contributed by atoms with Crippen LogP contribution in [0.25, 0.3) is 0 Å². The Balaban J connectivity index is 2.76. The van der Waals surface area contributed by atoms with E-state index in [2.05, 4.69) is 4.98 Å². The Hall–Kier alpha value is -1.62. The maximum Gasteiger partial charge on any atom is 0.255 e. The third kappa shape index (κ3) is 3.21. The third-order valence-electron chi connectivity index (χ3n) is 1.94. The molecule has 0 aliphatic heterocycles. The molecule has 5 nitrogen and oxygen atoms in total. The summed E-state index contributed by atoms with van der Waals surface area (Å²) < 4.78 is 0. The van der Waals surface area contributed by atoms with Crippen molar-refractivity contribution in [1.29, 1.82) is 0 Å². The van der Waals surface area contributed by atoms with Crippen molar-refractivity contribution >= 4 is 5.91 Å². The third-order valence-corrected chi connectivity index (χ3v) is 1.94. The number of pyridine rings is 1. The summed E-state index contributed by atoms with van der Waals surface area (Å²) in [5.41, 5.74) is 5.82. The van der Waals surface area contributed by atoms with E-state index in [0.29, 0.717) is 12.1 Å². The van der Waals surface area contributed by atoms with Gasteiger partial charge in [0.1, 0.15) is 0 Å². The van der Waals surface area contributed by atoms with Gasteiger partial charge in [0, 0.05) is 31.9 Å². The molecule has 0 saturated carbocycles. The topological polar surface area (TPSA) is 79.2 Å². The predicted molar refractivity (Wildman–Crippen MR) is 57.7 cm³/mol. The van der Waals surface area contributed by atoms with E-state index in [-0.39, 0.29) is 17.5 Å². The number of nitrogens with zero attached hydrogens (tertiary/aromatic N) is 1. The predicted octanol–water partition coefficient (Wildman–Crippen LogP) is -0.206. The van der Waals surface area contributed by atoms with Crippen molar-refractivity contribution in [2.75, 3.05) is 13.6 Å². The molecule has 0 fully saturated rings.